The van der Waals surface area contributed by atoms with Crippen molar-refractivity contribution in [2.24, 2.45) is 0 Å². The first-order valence-corrected chi connectivity index (χ1v) is 10.5. The number of hydrogen-bond donors (Lipinski definition) is 0. The van der Waals surface area contributed by atoms with E-state index in [1.54, 1.807) is 32.0 Å². The van der Waals surface area contributed by atoms with Crippen LogP contribution in [-0.4, -0.2) is 62.5 Å². The van der Waals surface area contributed by atoms with Crippen LogP contribution < -0.4 is 4.74 Å². The predicted molar refractivity (Wildman–Crippen MR) is 97.1 cm³/mol. The minimum absolute atomic E-state index is 0.0422. The number of carbonyl (C=O) groups is 2. The second kappa shape index (κ2) is 8.73. The highest BCUT2D eigenvalue weighted by Crippen LogP contribution is 2.21. The molecule has 0 saturated carbocycles. The van der Waals surface area contributed by atoms with Gasteiger partial charge in [-0.25, -0.2) is 13.2 Å². The molecule has 0 N–H and O–H groups in total. The molecule has 26 heavy (non-hydrogen) atoms. The molecule has 1 aliphatic heterocycles. The Morgan fingerprint density at radius 3 is 2.62 bits per heavy atom. The third-order valence-electron chi connectivity index (χ3n) is 4.15. The van der Waals surface area contributed by atoms with E-state index in [-0.39, 0.29) is 24.2 Å². The van der Waals surface area contributed by atoms with E-state index in [9.17, 15) is 18.0 Å². The Kier molecular flexibility index (Phi) is 6.88. The molecule has 9 heteroatoms. The lowest BCUT2D eigenvalue weighted by atomic mass is 10.2. The normalized spacial score (nSPS) is 18.3. The van der Waals surface area contributed by atoms with Crippen LogP contribution in [0.3, 0.4) is 0 Å². The summed E-state index contributed by atoms with van der Waals surface area (Å²) in [6, 6.07) is 4.65. The molecule has 1 aromatic carbocycles. The minimum atomic E-state index is -3.09. The molecule has 144 valence electrons. The standard InChI is InChI=1S/C17H22ClNO6S/c1-3-19(14-6-7-26(22,23)11-14)16(20)9-25-17(21)10-24-15-5-4-13(18)8-12(15)2/h4-5,8,14H,3,6-7,9-11H2,1-2H3/t14-/m0/s1. The van der Waals surface area contributed by atoms with Crippen molar-refractivity contribution < 1.29 is 27.5 Å². The van der Waals surface area contributed by atoms with Crippen molar-refractivity contribution in [1.29, 1.82) is 0 Å². The van der Waals surface area contributed by atoms with Gasteiger partial charge in [0.15, 0.2) is 23.1 Å². The number of amides is 1. The van der Waals surface area contributed by atoms with E-state index < -0.39 is 28.3 Å². The van der Waals surface area contributed by atoms with Crippen LogP contribution in [0.2, 0.25) is 5.02 Å². The van der Waals surface area contributed by atoms with Crippen LogP contribution in [0.5, 0.6) is 5.75 Å². The lowest BCUT2D eigenvalue weighted by Crippen LogP contribution is -2.43. The number of rotatable bonds is 7. The lowest BCUT2D eigenvalue weighted by molar-refractivity contribution is -0.154. The molecule has 1 aliphatic rings. The predicted octanol–water partition coefficient (Wildman–Crippen LogP) is 1.61. The van der Waals surface area contributed by atoms with Gasteiger partial charge in [-0.3, -0.25) is 4.79 Å². The highest BCUT2D eigenvalue weighted by Gasteiger charge is 2.34. The van der Waals surface area contributed by atoms with Gasteiger partial charge < -0.3 is 14.4 Å². The van der Waals surface area contributed by atoms with E-state index in [4.69, 9.17) is 21.1 Å². The fourth-order valence-corrected chi connectivity index (χ4v) is 4.80. The van der Waals surface area contributed by atoms with Gasteiger partial charge in [0.1, 0.15) is 5.75 Å². The molecule has 1 atom stereocenters. The second-order valence-corrected chi connectivity index (χ2v) is 8.76. The highest BCUT2D eigenvalue weighted by atomic mass is 35.5. The fraction of sp³-hybridized carbons (Fsp3) is 0.529. The number of benzene rings is 1. The number of esters is 1. The van der Waals surface area contributed by atoms with Gasteiger partial charge in [0.2, 0.25) is 0 Å². The molecular formula is C17H22ClNO6S. The maximum atomic E-state index is 12.2. The zero-order valence-electron chi connectivity index (χ0n) is 14.7. The van der Waals surface area contributed by atoms with Crippen molar-refractivity contribution in [3.05, 3.63) is 28.8 Å². The Morgan fingerprint density at radius 1 is 1.31 bits per heavy atom. The lowest BCUT2D eigenvalue weighted by Gasteiger charge is -2.26. The summed E-state index contributed by atoms with van der Waals surface area (Å²) in [5, 5.41) is 0.566. The second-order valence-electron chi connectivity index (χ2n) is 6.10. The number of carbonyl (C=O) groups excluding carboxylic acids is 2. The first-order chi connectivity index (χ1) is 12.2. The van der Waals surface area contributed by atoms with Crippen LogP contribution in [0.4, 0.5) is 0 Å². The molecular weight excluding hydrogens is 382 g/mol. The van der Waals surface area contributed by atoms with Crippen LogP contribution in [-0.2, 0) is 24.2 Å². The topological polar surface area (TPSA) is 90.0 Å². The average Bonchev–Trinajstić information content (AvgIpc) is 2.92. The van der Waals surface area contributed by atoms with Crippen molar-refractivity contribution in [1.82, 2.24) is 4.90 Å². The molecule has 0 radical (unpaired) electrons. The van der Waals surface area contributed by atoms with Gasteiger partial charge in [-0.05, 0) is 44.0 Å². The monoisotopic (exact) mass is 403 g/mol. The average molecular weight is 404 g/mol. The van der Waals surface area contributed by atoms with Gasteiger partial charge in [-0.2, -0.15) is 0 Å². The largest absolute Gasteiger partial charge is 0.482 e. The van der Waals surface area contributed by atoms with Gasteiger partial charge in [0.05, 0.1) is 11.5 Å². The van der Waals surface area contributed by atoms with Crippen molar-refractivity contribution in [2.75, 3.05) is 31.3 Å². The van der Waals surface area contributed by atoms with Gasteiger partial charge >= 0.3 is 5.97 Å². The summed E-state index contributed by atoms with van der Waals surface area (Å²) < 4.78 is 33.5. The van der Waals surface area contributed by atoms with Crippen molar-refractivity contribution in [2.45, 2.75) is 26.3 Å². The minimum Gasteiger partial charge on any atom is -0.482 e. The molecule has 1 heterocycles. The van der Waals surface area contributed by atoms with Gasteiger partial charge in [-0.15, -0.1) is 0 Å². The highest BCUT2D eigenvalue weighted by molar-refractivity contribution is 7.91. The van der Waals surface area contributed by atoms with E-state index in [0.29, 0.717) is 23.7 Å². The molecule has 1 fully saturated rings. The van der Waals surface area contributed by atoms with Gasteiger partial charge in [0, 0.05) is 17.6 Å². The van der Waals surface area contributed by atoms with Crippen LogP contribution >= 0.6 is 11.6 Å². The summed E-state index contributed by atoms with van der Waals surface area (Å²) in [6.45, 7) is 3.14. The number of aryl methyl sites for hydroxylation is 1. The molecule has 0 unspecified atom stereocenters. The number of nitrogens with zero attached hydrogens (tertiary/aromatic N) is 1. The molecule has 0 spiro atoms. The molecule has 1 aromatic rings. The molecule has 1 amide bonds. The number of ether oxygens (including phenoxy) is 2. The summed E-state index contributed by atoms with van der Waals surface area (Å²) in [4.78, 5) is 25.5. The number of likely N-dealkylation sites (N-methyl/N-ethyl adjacent to an activating group) is 1. The van der Waals surface area contributed by atoms with Crippen LogP contribution in [0.1, 0.15) is 18.9 Å². The third-order valence-corrected chi connectivity index (χ3v) is 6.13. The summed E-state index contributed by atoms with van der Waals surface area (Å²) in [5.41, 5.74) is 0.779. The van der Waals surface area contributed by atoms with Crippen molar-refractivity contribution in [3.8, 4) is 5.75 Å². The summed E-state index contributed by atoms with van der Waals surface area (Å²) in [6.07, 6.45) is 0.412. The zero-order chi connectivity index (χ0) is 19.3. The van der Waals surface area contributed by atoms with Crippen LogP contribution in [0.25, 0.3) is 0 Å². The Labute approximate surface area is 158 Å². The maximum Gasteiger partial charge on any atom is 0.344 e. The number of halogens is 1. The van der Waals surface area contributed by atoms with Crippen molar-refractivity contribution in [3.63, 3.8) is 0 Å². The Bertz CT molecular complexity index is 779. The number of hydrogen-bond acceptors (Lipinski definition) is 6. The van der Waals surface area contributed by atoms with E-state index in [1.165, 1.54) is 4.90 Å². The molecule has 1 saturated heterocycles. The molecule has 7 nitrogen and oxygen atoms in total. The molecule has 2 rings (SSSR count). The molecule has 0 aromatic heterocycles. The Hall–Kier alpha value is -1.80. The Balaban J connectivity index is 1.81. The summed E-state index contributed by atoms with van der Waals surface area (Å²) in [5.74, 6) is -0.549. The zero-order valence-corrected chi connectivity index (χ0v) is 16.3. The molecule has 0 bridgehead atoms. The number of sulfone groups is 1. The van der Waals surface area contributed by atoms with Gasteiger partial charge in [-0.1, -0.05) is 11.6 Å². The third kappa shape index (κ3) is 5.60. The quantitative estimate of drug-likeness (QED) is 0.642. The van der Waals surface area contributed by atoms with Gasteiger partial charge in [0.25, 0.3) is 5.91 Å². The van der Waals surface area contributed by atoms with Crippen LogP contribution in [0, 0.1) is 6.92 Å². The maximum absolute atomic E-state index is 12.2. The summed E-state index contributed by atoms with van der Waals surface area (Å²) in [7, 11) is -3.09. The first kappa shape index (κ1) is 20.5. The summed E-state index contributed by atoms with van der Waals surface area (Å²) >= 11 is 5.85. The van der Waals surface area contributed by atoms with E-state index in [2.05, 4.69) is 0 Å². The fourth-order valence-electron chi connectivity index (χ4n) is 2.84. The van der Waals surface area contributed by atoms with E-state index in [0.717, 1.165) is 5.56 Å². The smallest absolute Gasteiger partial charge is 0.344 e. The molecule has 0 aliphatic carbocycles. The first-order valence-electron chi connectivity index (χ1n) is 8.26. The SMILES string of the molecule is CCN(C(=O)COC(=O)COc1ccc(Cl)cc1C)[C@H]1CCS(=O)(=O)C1. The van der Waals surface area contributed by atoms with E-state index in [1.807, 2.05) is 0 Å². The van der Waals surface area contributed by atoms with Crippen molar-refractivity contribution >= 4 is 33.3 Å². The van der Waals surface area contributed by atoms with Crippen LogP contribution in [0.15, 0.2) is 18.2 Å². The Morgan fingerprint density at radius 2 is 2.04 bits per heavy atom. The van der Waals surface area contributed by atoms with E-state index >= 15 is 0 Å².